The third kappa shape index (κ3) is 5.35. The molecule has 1 fully saturated rings. The molecule has 0 bridgehead atoms. The number of thioether (sulfide) groups is 1. The normalized spacial score (nSPS) is 16.3. The van der Waals surface area contributed by atoms with E-state index < -0.39 is 0 Å². The van der Waals surface area contributed by atoms with Gasteiger partial charge >= 0.3 is 0 Å². The van der Waals surface area contributed by atoms with E-state index in [1.807, 2.05) is 40.7 Å². The van der Waals surface area contributed by atoms with Crippen LogP contribution in [-0.2, 0) is 17.9 Å². The first-order chi connectivity index (χ1) is 15.5. The molecule has 170 valence electrons. The van der Waals surface area contributed by atoms with Crippen molar-refractivity contribution >= 4 is 17.7 Å². The van der Waals surface area contributed by atoms with Gasteiger partial charge in [0, 0.05) is 13.1 Å². The standard InChI is InChI=1S/C24H30N4O3S/c1-17-7-5-11-27(13-17)23(29)16-32-24-26-25-22(28(24)14-20-9-6-12-30-20)15-31-21-10-4-8-18(2)19(21)3/h4,6,8-10,12,17H,5,7,11,13-16H2,1-3H3. The van der Waals surface area contributed by atoms with E-state index in [4.69, 9.17) is 9.15 Å². The Morgan fingerprint density at radius 1 is 1.25 bits per heavy atom. The highest BCUT2D eigenvalue weighted by Gasteiger charge is 2.22. The number of carbonyl (C=O) groups is 1. The van der Waals surface area contributed by atoms with Crippen molar-refractivity contribution in [2.75, 3.05) is 18.8 Å². The number of furan rings is 1. The molecule has 0 spiro atoms. The van der Waals surface area contributed by atoms with Gasteiger partial charge in [0.25, 0.3) is 0 Å². The molecule has 1 unspecified atom stereocenters. The lowest BCUT2D eigenvalue weighted by atomic mass is 10.0. The summed E-state index contributed by atoms with van der Waals surface area (Å²) in [5.41, 5.74) is 2.29. The Labute approximate surface area is 193 Å². The van der Waals surface area contributed by atoms with Crippen LogP contribution in [0.1, 0.15) is 42.5 Å². The summed E-state index contributed by atoms with van der Waals surface area (Å²) in [5, 5.41) is 9.43. The summed E-state index contributed by atoms with van der Waals surface area (Å²) in [7, 11) is 0. The minimum atomic E-state index is 0.155. The second-order valence-corrected chi connectivity index (χ2v) is 9.37. The Morgan fingerprint density at radius 2 is 2.12 bits per heavy atom. The van der Waals surface area contributed by atoms with E-state index in [1.54, 1.807) is 6.26 Å². The van der Waals surface area contributed by atoms with Gasteiger partial charge in [0.15, 0.2) is 11.0 Å². The lowest BCUT2D eigenvalue weighted by Crippen LogP contribution is -2.40. The molecule has 1 aliphatic heterocycles. The van der Waals surface area contributed by atoms with Gasteiger partial charge in [-0.1, -0.05) is 30.8 Å². The van der Waals surface area contributed by atoms with E-state index in [2.05, 4.69) is 30.1 Å². The SMILES string of the molecule is Cc1cccc(OCc2nnc(SCC(=O)N3CCCC(C)C3)n2Cc2ccco2)c1C. The fourth-order valence-electron chi connectivity index (χ4n) is 3.91. The maximum atomic E-state index is 12.7. The molecule has 4 rings (SSSR count). The molecule has 32 heavy (non-hydrogen) atoms. The summed E-state index contributed by atoms with van der Waals surface area (Å²) in [6.45, 7) is 8.78. The largest absolute Gasteiger partial charge is 0.485 e. The highest BCUT2D eigenvalue weighted by molar-refractivity contribution is 7.99. The van der Waals surface area contributed by atoms with Crippen molar-refractivity contribution in [3.05, 3.63) is 59.3 Å². The van der Waals surface area contributed by atoms with Crippen LogP contribution >= 0.6 is 11.8 Å². The summed E-state index contributed by atoms with van der Waals surface area (Å²) in [5.74, 6) is 3.40. The molecule has 8 heteroatoms. The molecule has 1 atom stereocenters. The van der Waals surface area contributed by atoms with Crippen molar-refractivity contribution in [1.82, 2.24) is 19.7 Å². The molecule has 3 aromatic rings. The number of carbonyl (C=O) groups excluding carboxylic acids is 1. The summed E-state index contributed by atoms with van der Waals surface area (Å²) < 4.78 is 13.6. The van der Waals surface area contributed by atoms with Crippen molar-refractivity contribution < 1.29 is 13.9 Å². The molecular weight excluding hydrogens is 424 g/mol. The average molecular weight is 455 g/mol. The number of piperidine rings is 1. The molecule has 3 heterocycles. The van der Waals surface area contributed by atoms with Crippen LogP contribution in [0.2, 0.25) is 0 Å². The van der Waals surface area contributed by atoms with Gasteiger partial charge in [0.1, 0.15) is 18.1 Å². The van der Waals surface area contributed by atoms with Crippen molar-refractivity contribution in [3.63, 3.8) is 0 Å². The Hall–Kier alpha value is -2.74. The second-order valence-electron chi connectivity index (χ2n) is 8.43. The molecule has 0 radical (unpaired) electrons. The van der Waals surface area contributed by atoms with Gasteiger partial charge < -0.3 is 14.1 Å². The number of rotatable bonds is 8. The van der Waals surface area contributed by atoms with Crippen LogP contribution in [0.5, 0.6) is 5.75 Å². The van der Waals surface area contributed by atoms with Crippen LogP contribution in [0, 0.1) is 19.8 Å². The summed E-state index contributed by atoms with van der Waals surface area (Å²) in [4.78, 5) is 14.7. The number of aryl methyl sites for hydroxylation is 1. The van der Waals surface area contributed by atoms with Gasteiger partial charge in [0.2, 0.25) is 5.91 Å². The molecule has 1 saturated heterocycles. The fraction of sp³-hybridized carbons (Fsp3) is 0.458. The zero-order valence-electron chi connectivity index (χ0n) is 18.9. The Bertz CT molecular complexity index is 1050. The third-order valence-electron chi connectivity index (χ3n) is 5.93. The molecule has 1 amide bonds. The van der Waals surface area contributed by atoms with Gasteiger partial charge in [0.05, 0.1) is 18.6 Å². The van der Waals surface area contributed by atoms with Crippen LogP contribution in [0.4, 0.5) is 0 Å². The van der Waals surface area contributed by atoms with Crippen molar-refractivity contribution in [2.24, 2.45) is 5.92 Å². The Kier molecular flexibility index (Phi) is 7.19. The first-order valence-corrected chi connectivity index (χ1v) is 12.0. The maximum Gasteiger partial charge on any atom is 0.233 e. The molecule has 0 N–H and O–H groups in total. The predicted octanol–water partition coefficient (Wildman–Crippen LogP) is 4.47. The number of hydrogen-bond donors (Lipinski definition) is 0. The van der Waals surface area contributed by atoms with Crippen LogP contribution in [0.25, 0.3) is 0 Å². The van der Waals surface area contributed by atoms with Gasteiger partial charge in [-0.25, -0.2) is 0 Å². The first kappa shape index (κ1) is 22.5. The predicted molar refractivity (Wildman–Crippen MR) is 124 cm³/mol. The smallest absolute Gasteiger partial charge is 0.233 e. The molecule has 1 aromatic carbocycles. The topological polar surface area (TPSA) is 73.4 Å². The maximum absolute atomic E-state index is 12.7. The van der Waals surface area contributed by atoms with E-state index in [-0.39, 0.29) is 12.5 Å². The highest BCUT2D eigenvalue weighted by Crippen LogP contribution is 2.24. The Balaban J connectivity index is 1.47. The van der Waals surface area contributed by atoms with Crippen LogP contribution in [0.3, 0.4) is 0 Å². The highest BCUT2D eigenvalue weighted by atomic mass is 32.2. The van der Waals surface area contributed by atoms with E-state index >= 15 is 0 Å². The molecule has 1 aliphatic rings. The Morgan fingerprint density at radius 3 is 2.91 bits per heavy atom. The van der Waals surface area contributed by atoms with E-state index in [0.29, 0.717) is 29.2 Å². The second kappa shape index (κ2) is 10.3. The van der Waals surface area contributed by atoms with E-state index in [1.165, 1.54) is 23.7 Å². The van der Waals surface area contributed by atoms with Gasteiger partial charge in [-0.3, -0.25) is 9.36 Å². The summed E-state index contributed by atoms with van der Waals surface area (Å²) in [6, 6.07) is 9.80. The molecule has 2 aromatic heterocycles. The summed E-state index contributed by atoms with van der Waals surface area (Å²) in [6.07, 6.45) is 3.92. The van der Waals surface area contributed by atoms with E-state index in [9.17, 15) is 4.79 Å². The van der Waals surface area contributed by atoms with Crippen LogP contribution in [0.15, 0.2) is 46.2 Å². The number of nitrogens with zero attached hydrogens (tertiary/aromatic N) is 4. The molecule has 7 nitrogen and oxygen atoms in total. The number of ether oxygens (including phenoxy) is 1. The zero-order valence-corrected chi connectivity index (χ0v) is 19.7. The number of likely N-dealkylation sites (tertiary alicyclic amines) is 1. The molecular formula is C24H30N4O3S. The lowest BCUT2D eigenvalue weighted by molar-refractivity contribution is -0.130. The first-order valence-electron chi connectivity index (χ1n) is 11.1. The quantitative estimate of drug-likeness (QED) is 0.468. The molecule has 0 aliphatic carbocycles. The van der Waals surface area contributed by atoms with Gasteiger partial charge in [-0.15, -0.1) is 10.2 Å². The van der Waals surface area contributed by atoms with Crippen molar-refractivity contribution in [3.8, 4) is 5.75 Å². The van der Waals surface area contributed by atoms with Crippen molar-refractivity contribution in [2.45, 2.75) is 51.9 Å². The number of hydrogen-bond acceptors (Lipinski definition) is 6. The monoisotopic (exact) mass is 454 g/mol. The zero-order chi connectivity index (χ0) is 22.5. The average Bonchev–Trinajstić information content (AvgIpc) is 3.43. The third-order valence-corrected chi connectivity index (χ3v) is 6.89. The van der Waals surface area contributed by atoms with Gasteiger partial charge in [-0.05, 0) is 61.9 Å². The minimum Gasteiger partial charge on any atom is -0.485 e. The van der Waals surface area contributed by atoms with E-state index in [0.717, 1.165) is 36.6 Å². The van der Waals surface area contributed by atoms with Crippen LogP contribution < -0.4 is 4.74 Å². The van der Waals surface area contributed by atoms with Crippen molar-refractivity contribution in [1.29, 1.82) is 0 Å². The fourth-order valence-corrected chi connectivity index (χ4v) is 4.77. The molecule has 0 saturated carbocycles. The number of benzene rings is 1. The lowest BCUT2D eigenvalue weighted by Gasteiger charge is -2.30. The van der Waals surface area contributed by atoms with Crippen LogP contribution in [-0.4, -0.2) is 44.4 Å². The summed E-state index contributed by atoms with van der Waals surface area (Å²) >= 11 is 1.42. The number of amides is 1. The minimum absolute atomic E-state index is 0.155. The number of aromatic nitrogens is 3. The van der Waals surface area contributed by atoms with Gasteiger partial charge in [-0.2, -0.15) is 0 Å².